The molecule has 4 fully saturated rings. The number of carbonyl (C=O) groups is 2. The molecule has 0 aromatic heterocycles. The van der Waals surface area contributed by atoms with Crippen LogP contribution < -0.4 is 0 Å². The van der Waals surface area contributed by atoms with Crippen molar-refractivity contribution in [1.29, 1.82) is 0 Å². The summed E-state index contributed by atoms with van der Waals surface area (Å²) < 4.78 is 38.7. The summed E-state index contributed by atoms with van der Waals surface area (Å²) in [6.45, 7) is 9.39. The highest BCUT2D eigenvalue weighted by Crippen LogP contribution is 2.67. The van der Waals surface area contributed by atoms with Crippen molar-refractivity contribution in [3.05, 3.63) is 0 Å². The van der Waals surface area contributed by atoms with Gasteiger partial charge in [0.1, 0.15) is 18.3 Å². The van der Waals surface area contributed by atoms with E-state index < -0.39 is 72.8 Å². The topological polar surface area (TPSA) is 218 Å². The van der Waals surface area contributed by atoms with Crippen molar-refractivity contribution in [2.45, 2.75) is 142 Å². The first-order valence-corrected chi connectivity index (χ1v) is 18.8. The minimum Gasteiger partial charge on any atom is -0.481 e. The monoisotopic (exact) mass is 758 g/mol. The van der Waals surface area contributed by atoms with Gasteiger partial charge in [-0.25, -0.2) is 10.5 Å². The van der Waals surface area contributed by atoms with Crippen molar-refractivity contribution in [2.75, 3.05) is 6.61 Å². The van der Waals surface area contributed by atoms with E-state index in [1.165, 1.54) is 0 Å². The molecule has 1 spiro atoms. The number of carbonyl (C=O) groups excluding carboxylic acids is 1. The van der Waals surface area contributed by atoms with Crippen molar-refractivity contribution in [1.82, 2.24) is 0 Å². The number of hydrogen-bond acceptors (Lipinski definition) is 17. The van der Waals surface area contributed by atoms with Gasteiger partial charge in [-0.05, 0) is 79.4 Å². The van der Waals surface area contributed by atoms with Gasteiger partial charge in [0.2, 0.25) is 0 Å². The zero-order chi connectivity index (χ0) is 36.6. The molecule has 4 aliphatic rings. The molecule has 13 atom stereocenters. The van der Waals surface area contributed by atoms with Crippen LogP contribution in [0.2, 0.25) is 0 Å². The largest absolute Gasteiger partial charge is 0.481 e. The zero-order valence-corrected chi connectivity index (χ0v) is 30.9. The van der Waals surface area contributed by atoms with Crippen LogP contribution in [-0.2, 0) is 50.9 Å². The van der Waals surface area contributed by atoms with Gasteiger partial charge in [0.05, 0.1) is 24.7 Å². The zero-order valence-electron chi connectivity index (χ0n) is 29.2. The highest BCUT2D eigenvalue weighted by Gasteiger charge is 2.64. The van der Waals surface area contributed by atoms with E-state index in [0.29, 0.717) is 12.8 Å². The molecular formula is C32H54O16S2. The molecule has 0 aromatic carbocycles. The lowest BCUT2D eigenvalue weighted by molar-refractivity contribution is -0.436. The van der Waals surface area contributed by atoms with E-state index in [1.54, 1.807) is 0 Å². The third-order valence-electron chi connectivity index (χ3n) is 11.6. The van der Waals surface area contributed by atoms with E-state index in [1.807, 2.05) is 13.8 Å². The molecule has 1 aliphatic heterocycles. The lowest BCUT2D eigenvalue weighted by atomic mass is 9.43. The molecule has 50 heavy (non-hydrogen) atoms. The standard InChI is InChI=1S/C32H54O16S2/c1-6-7-8-23-31(5)15-19(14-20(29(36)37)21(31)10-12-32(23)11-9-18(4)28(32)35)40-30-27(42-24(34)13-17(2)3)26(44-50-48-46-39)25(22(16-33)41-30)43-49-47-45-38/h17-23,25-28,30,33,35,38-39H,6-16H2,1-5H3,(H,36,37)/t18?,19?,20?,21?,22-,23?,25-,26-,27?,28+,30-,31?,32?/m1/s1. The Bertz CT molecular complexity index is 1090. The minimum atomic E-state index is -1.38. The van der Waals surface area contributed by atoms with Gasteiger partial charge in [0.15, 0.2) is 37.0 Å². The predicted molar refractivity (Wildman–Crippen MR) is 176 cm³/mol. The molecule has 0 aromatic rings. The van der Waals surface area contributed by atoms with E-state index in [-0.39, 0.29) is 66.6 Å². The summed E-state index contributed by atoms with van der Waals surface area (Å²) in [7, 11) is 0. The molecule has 5 N–H and O–H groups in total. The fraction of sp³-hybridized carbons (Fsp3) is 0.938. The number of hydrogen-bond donors (Lipinski definition) is 5. The molecule has 8 unspecified atom stereocenters. The van der Waals surface area contributed by atoms with Gasteiger partial charge in [-0.2, -0.15) is 0 Å². The first kappa shape index (κ1) is 41.9. The molecule has 18 heteroatoms. The molecule has 0 amide bonds. The molecule has 0 bridgehead atoms. The van der Waals surface area contributed by atoms with E-state index in [4.69, 9.17) is 33.1 Å². The van der Waals surface area contributed by atoms with Crippen molar-refractivity contribution >= 4 is 36.6 Å². The van der Waals surface area contributed by atoms with Crippen LogP contribution in [0.4, 0.5) is 0 Å². The lowest BCUT2D eigenvalue weighted by Crippen LogP contribution is -2.63. The summed E-state index contributed by atoms with van der Waals surface area (Å²) in [4.78, 5) is 26.1. The Balaban J connectivity index is 1.70. The van der Waals surface area contributed by atoms with Crippen LogP contribution in [0, 0.1) is 40.4 Å². The maximum Gasteiger partial charge on any atom is 0.306 e. The Morgan fingerprint density at radius 1 is 1.02 bits per heavy atom. The first-order valence-electron chi connectivity index (χ1n) is 17.5. The quantitative estimate of drug-likeness (QED) is 0.0300. The molecule has 3 aliphatic carbocycles. The summed E-state index contributed by atoms with van der Waals surface area (Å²) in [5, 5.41) is 57.2. The Morgan fingerprint density at radius 2 is 1.68 bits per heavy atom. The Labute approximate surface area is 301 Å². The third-order valence-corrected chi connectivity index (χ3v) is 12.5. The van der Waals surface area contributed by atoms with Crippen molar-refractivity contribution in [3.8, 4) is 0 Å². The van der Waals surface area contributed by atoms with Crippen LogP contribution in [0.25, 0.3) is 0 Å². The van der Waals surface area contributed by atoms with E-state index in [9.17, 15) is 24.9 Å². The van der Waals surface area contributed by atoms with E-state index in [0.717, 1.165) is 38.5 Å². The Kier molecular flexibility index (Phi) is 15.9. The molecule has 16 nitrogen and oxygen atoms in total. The first-order chi connectivity index (χ1) is 23.9. The van der Waals surface area contributed by atoms with Gasteiger partial charge >= 0.3 is 11.9 Å². The van der Waals surface area contributed by atoms with Crippen LogP contribution in [-0.4, -0.2) is 87.3 Å². The summed E-state index contributed by atoms with van der Waals surface area (Å²) in [5.41, 5.74) is -0.836. The predicted octanol–water partition coefficient (Wildman–Crippen LogP) is 5.28. The van der Waals surface area contributed by atoms with Crippen LogP contribution in [0.15, 0.2) is 0 Å². The second-order valence-electron chi connectivity index (χ2n) is 15.0. The molecule has 290 valence electrons. The number of aliphatic hydroxyl groups is 2. The minimum absolute atomic E-state index is 0.0245. The molecule has 1 saturated heterocycles. The van der Waals surface area contributed by atoms with Gasteiger partial charge in [0.25, 0.3) is 0 Å². The normalized spacial score (nSPS) is 40.2. The van der Waals surface area contributed by atoms with Gasteiger partial charge in [-0.1, -0.05) is 57.5 Å². The molecule has 3 saturated carbocycles. The number of unbranched alkanes of at least 4 members (excludes halogenated alkanes) is 1. The van der Waals surface area contributed by atoms with Crippen LogP contribution in [0.1, 0.15) is 98.8 Å². The summed E-state index contributed by atoms with van der Waals surface area (Å²) >= 11 is 0.358. The summed E-state index contributed by atoms with van der Waals surface area (Å²) in [6, 6.07) is 0. The average molecular weight is 759 g/mol. The molecule has 4 rings (SSSR count). The van der Waals surface area contributed by atoms with Gasteiger partial charge < -0.3 is 29.5 Å². The highest BCUT2D eigenvalue weighted by atomic mass is 32.2. The number of esters is 1. The second kappa shape index (κ2) is 19.0. The van der Waals surface area contributed by atoms with Gasteiger partial charge in [0, 0.05) is 6.42 Å². The van der Waals surface area contributed by atoms with Crippen LogP contribution in [0.3, 0.4) is 0 Å². The van der Waals surface area contributed by atoms with Crippen molar-refractivity contribution in [2.24, 2.45) is 40.4 Å². The number of aliphatic carboxylic acids is 1. The van der Waals surface area contributed by atoms with E-state index in [2.05, 4.69) is 39.5 Å². The molecule has 0 radical (unpaired) electrons. The fourth-order valence-corrected chi connectivity index (χ4v) is 10.3. The second-order valence-corrected chi connectivity index (χ2v) is 15.9. The number of aliphatic hydroxyl groups excluding tert-OH is 2. The maximum atomic E-state index is 13.1. The van der Waals surface area contributed by atoms with E-state index >= 15 is 0 Å². The number of carboxylic acid groups (broad SMARTS) is 1. The van der Waals surface area contributed by atoms with Crippen molar-refractivity contribution < 1.29 is 76.7 Å². The van der Waals surface area contributed by atoms with Crippen LogP contribution >= 0.6 is 24.6 Å². The Hall–Kier alpha value is -0.840. The number of ether oxygens (including phenoxy) is 3. The number of fused-ring (bicyclic) bond motifs is 1. The number of carboxylic acids is 1. The van der Waals surface area contributed by atoms with Gasteiger partial charge in [-0.3, -0.25) is 18.0 Å². The average Bonchev–Trinajstić information content (AvgIpc) is 3.34. The molecule has 1 heterocycles. The van der Waals surface area contributed by atoms with Gasteiger partial charge in [-0.15, -0.1) is 8.67 Å². The smallest absolute Gasteiger partial charge is 0.306 e. The fourth-order valence-electron chi connectivity index (χ4n) is 9.60. The summed E-state index contributed by atoms with van der Waals surface area (Å²) in [5.74, 6) is -2.31. The summed E-state index contributed by atoms with van der Waals surface area (Å²) in [6.07, 6.45) is -1.05. The maximum absolute atomic E-state index is 13.1. The number of rotatable bonds is 18. The molecular weight excluding hydrogens is 704 g/mol. The Morgan fingerprint density at radius 3 is 2.24 bits per heavy atom. The highest BCUT2D eigenvalue weighted by molar-refractivity contribution is 7.90. The van der Waals surface area contributed by atoms with Crippen LogP contribution in [0.5, 0.6) is 0 Å². The lowest BCUT2D eigenvalue weighted by Gasteiger charge is -2.62. The SMILES string of the molecule is CCCCC1C2(C)CC(O[C@@H]3O[C@H](CO)[C@@H](OSOOO)[C@@H](OSOOO)C3OC(=O)CC(C)C)CC(C(=O)O)C2CCC12CCC(C)[C@@H]2O. The van der Waals surface area contributed by atoms with Crippen molar-refractivity contribution in [3.63, 3.8) is 0 Å². The third kappa shape index (κ3) is 9.26.